The van der Waals surface area contributed by atoms with E-state index < -0.39 is 6.17 Å². The van der Waals surface area contributed by atoms with Crippen molar-refractivity contribution in [3.63, 3.8) is 0 Å². The van der Waals surface area contributed by atoms with Crippen LogP contribution < -0.4 is 15.8 Å². The smallest absolute Gasteiger partial charge is 0.158 e. The lowest BCUT2D eigenvalue weighted by atomic mass is 10.00. The molecule has 0 saturated heterocycles. The molecule has 0 bridgehead atoms. The zero-order valence-corrected chi connectivity index (χ0v) is 13.7. The van der Waals surface area contributed by atoms with E-state index in [-0.39, 0.29) is 0 Å². The van der Waals surface area contributed by atoms with Crippen molar-refractivity contribution in [3.05, 3.63) is 58.6 Å². The predicted octanol–water partition coefficient (Wildman–Crippen LogP) is 2.71. The van der Waals surface area contributed by atoms with E-state index in [0.29, 0.717) is 22.8 Å². The highest BCUT2D eigenvalue weighted by atomic mass is 35.5. The van der Waals surface area contributed by atoms with Gasteiger partial charge in [-0.25, -0.2) is 0 Å². The van der Waals surface area contributed by atoms with Crippen molar-refractivity contribution < 1.29 is 9.53 Å². The topological polar surface area (TPSA) is 76.7 Å². The average molecular weight is 332 g/mol. The number of halogens is 1. The average Bonchev–Trinajstić information content (AvgIpc) is 2.59. The Balaban J connectivity index is 2.64. The minimum Gasteiger partial charge on any atom is -0.497 e. The fourth-order valence-corrected chi connectivity index (χ4v) is 2.28. The van der Waals surface area contributed by atoms with Crippen LogP contribution in [-0.2, 0) is 4.79 Å². The molecule has 2 rings (SSSR count). The number of nitrogens with two attached hydrogens (primary N) is 1. The molecule has 23 heavy (non-hydrogen) atoms. The summed E-state index contributed by atoms with van der Waals surface area (Å²) in [4.78, 5) is 15.3. The monoisotopic (exact) mass is 331 g/mol. The zero-order valence-electron chi connectivity index (χ0n) is 12.9. The van der Waals surface area contributed by atoms with Gasteiger partial charge in [-0.2, -0.15) is 0 Å². The third-order valence-electron chi connectivity index (χ3n) is 3.29. The molecule has 0 radical (unpaired) electrons. The van der Waals surface area contributed by atoms with E-state index in [1.54, 1.807) is 19.2 Å². The molecular formula is C17H18ClN3O2. The van der Waals surface area contributed by atoms with Crippen molar-refractivity contribution in [1.29, 1.82) is 0 Å². The highest BCUT2D eigenvalue weighted by Crippen LogP contribution is 2.26. The summed E-state index contributed by atoms with van der Waals surface area (Å²) in [6.45, 7) is 0. The highest BCUT2D eigenvalue weighted by Gasteiger charge is 2.14. The SMILES string of the molecule is CNc1ccc(OC)cc1/C(=N\C(N)C=O)c1ccc(Cl)cc1. The molecule has 6 heteroatoms. The van der Waals surface area contributed by atoms with Crippen LogP contribution in [0.5, 0.6) is 5.75 Å². The number of nitrogens with zero attached hydrogens (tertiary/aromatic N) is 1. The molecule has 120 valence electrons. The van der Waals surface area contributed by atoms with Crippen LogP contribution in [-0.4, -0.2) is 32.3 Å². The van der Waals surface area contributed by atoms with Crippen LogP contribution >= 0.6 is 11.6 Å². The Morgan fingerprint density at radius 2 is 2.00 bits per heavy atom. The Kier molecular flexibility index (Phi) is 5.73. The molecule has 0 aliphatic rings. The van der Waals surface area contributed by atoms with Gasteiger partial charge in [-0.1, -0.05) is 23.7 Å². The number of hydrogen-bond acceptors (Lipinski definition) is 5. The number of rotatable bonds is 6. The van der Waals surface area contributed by atoms with Gasteiger partial charge in [0.25, 0.3) is 0 Å². The molecule has 0 spiro atoms. The number of benzene rings is 2. The van der Waals surface area contributed by atoms with Gasteiger partial charge in [0.2, 0.25) is 0 Å². The summed E-state index contributed by atoms with van der Waals surface area (Å²) in [7, 11) is 3.40. The number of aliphatic imine (C=N–C) groups is 1. The number of carbonyl (C=O) groups is 1. The van der Waals surface area contributed by atoms with Crippen molar-refractivity contribution in [3.8, 4) is 5.75 Å². The second-order valence-electron chi connectivity index (χ2n) is 4.77. The number of hydrogen-bond donors (Lipinski definition) is 2. The predicted molar refractivity (Wildman–Crippen MR) is 93.7 cm³/mol. The molecule has 0 fully saturated rings. The maximum Gasteiger partial charge on any atom is 0.158 e. The van der Waals surface area contributed by atoms with Crippen molar-refractivity contribution in [2.24, 2.45) is 10.7 Å². The molecule has 2 aromatic rings. The van der Waals surface area contributed by atoms with Gasteiger partial charge in [0, 0.05) is 28.9 Å². The lowest BCUT2D eigenvalue weighted by molar-refractivity contribution is -0.108. The Labute approximate surface area is 140 Å². The third-order valence-corrected chi connectivity index (χ3v) is 3.54. The maximum absolute atomic E-state index is 10.9. The lowest BCUT2D eigenvalue weighted by Gasteiger charge is -2.15. The first-order chi connectivity index (χ1) is 11.1. The van der Waals surface area contributed by atoms with Gasteiger partial charge >= 0.3 is 0 Å². The van der Waals surface area contributed by atoms with E-state index in [0.717, 1.165) is 16.8 Å². The molecule has 0 aliphatic carbocycles. The number of nitrogens with one attached hydrogen (secondary N) is 1. The first-order valence-electron chi connectivity index (χ1n) is 6.99. The quantitative estimate of drug-likeness (QED) is 0.630. The van der Waals surface area contributed by atoms with Crippen molar-refractivity contribution in [2.75, 3.05) is 19.5 Å². The van der Waals surface area contributed by atoms with Crippen LogP contribution in [0.25, 0.3) is 0 Å². The molecule has 2 aromatic carbocycles. The number of methoxy groups -OCH3 is 1. The first-order valence-corrected chi connectivity index (χ1v) is 7.37. The Morgan fingerprint density at radius 3 is 2.57 bits per heavy atom. The second-order valence-corrected chi connectivity index (χ2v) is 5.21. The fourth-order valence-electron chi connectivity index (χ4n) is 2.15. The van der Waals surface area contributed by atoms with E-state index in [4.69, 9.17) is 22.1 Å². The summed E-state index contributed by atoms with van der Waals surface area (Å²) in [5.74, 6) is 0.681. The van der Waals surface area contributed by atoms with E-state index >= 15 is 0 Å². The van der Waals surface area contributed by atoms with Gasteiger partial charge in [0.05, 0.1) is 12.8 Å². The Bertz CT molecular complexity index is 714. The van der Waals surface area contributed by atoms with Gasteiger partial charge in [-0.05, 0) is 30.3 Å². The molecule has 0 aromatic heterocycles. The summed E-state index contributed by atoms with van der Waals surface area (Å²) in [5.41, 5.74) is 8.73. The molecule has 3 N–H and O–H groups in total. The van der Waals surface area contributed by atoms with Gasteiger partial charge in [-0.15, -0.1) is 0 Å². The van der Waals surface area contributed by atoms with Crippen LogP contribution in [0.2, 0.25) is 5.02 Å². The third kappa shape index (κ3) is 4.09. The van der Waals surface area contributed by atoms with Crippen LogP contribution in [0.15, 0.2) is 47.5 Å². The largest absolute Gasteiger partial charge is 0.497 e. The number of anilines is 1. The van der Waals surface area contributed by atoms with Crippen molar-refractivity contribution >= 4 is 29.3 Å². The van der Waals surface area contributed by atoms with E-state index in [1.807, 2.05) is 37.4 Å². The summed E-state index contributed by atoms with van der Waals surface area (Å²) in [5, 5.41) is 3.73. The van der Waals surface area contributed by atoms with Crippen LogP contribution in [0, 0.1) is 0 Å². The van der Waals surface area contributed by atoms with Gasteiger partial charge in [0.15, 0.2) is 12.5 Å². The normalized spacial score (nSPS) is 12.6. The van der Waals surface area contributed by atoms with Gasteiger partial charge < -0.3 is 15.8 Å². The van der Waals surface area contributed by atoms with Gasteiger partial charge in [-0.3, -0.25) is 9.79 Å². The molecule has 0 aliphatic heterocycles. The number of ether oxygens (including phenoxy) is 1. The molecule has 1 atom stereocenters. The summed E-state index contributed by atoms with van der Waals surface area (Å²) < 4.78 is 5.29. The van der Waals surface area contributed by atoms with Crippen molar-refractivity contribution in [2.45, 2.75) is 6.17 Å². The summed E-state index contributed by atoms with van der Waals surface area (Å²) in [6.07, 6.45) is -0.355. The molecule has 0 amide bonds. The van der Waals surface area contributed by atoms with E-state index in [2.05, 4.69) is 10.3 Å². The van der Waals surface area contributed by atoms with Gasteiger partial charge in [0.1, 0.15) is 5.75 Å². The minimum atomic E-state index is -0.948. The molecule has 5 nitrogen and oxygen atoms in total. The number of aldehydes is 1. The lowest BCUT2D eigenvalue weighted by Crippen LogP contribution is -2.22. The van der Waals surface area contributed by atoms with Crippen LogP contribution in [0.3, 0.4) is 0 Å². The minimum absolute atomic E-state index is 0.588. The summed E-state index contributed by atoms with van der Waals surface area (Å²) in [6, 6.07) is 12.8. The molecule has 0 heterocycles. The first kappa shape index (κ1) is 17.0. The number of carbonyl (C=O) groups excluding carboxylic acids is 1. The van der Waals surface area contributed by atoms with E-state index in [1.165, 1.54) is 0 Å². The standard InChI is InChI=1S/C17H18ClN3O2/c1-20-15-8-7-13(23-2)9-14(15)17(21-16(19)10-22)11-3-5-12(18)6-4-11/h3-10,16,20H,19H2,1-2H3/b21-17-. The molecule has 0 saturated carbocycles. The van der Waals surface area contributed by atoms with Crippen LogP contribution in [0.1, 0.15) is 11.1 Å². The molecular weight excluding hydrogens is 314 g/mol. The zero-order chi connectivity index (χ0) is 16.8. The van der Waals surface area contributed by atoms with Crippen LogP contribution in [0.4, 0.5) is 5.69 Å². The maximum atomic E-state index is 10.9. The Hall–Kier alpha value is -2.37. The molecule has 1 unspecified atom stereocenters. The van der Waals surface area contributed by atoms with E-state index in [9.17, 15) is 4.79 Å². The Morgan fingerprint density at radius 1 is 1.30 bits per heavy atom. The van der Waals surface area contributed by atoms with Crippen molar-refractivity contribution in [1.82, 2.24) is 0 Å². The summed E-state index contributed by atoms with van der Waals surface area (Å²) >= 11 is 5.95. The fraction of sp³-hybridized carbons (Fsp3) is 0.176. The second kappa shape index (κ2) is 7.76. The highest BCUT2D eigenvalue weighted by molar-refractivity contribution is 6.30.